The van der Waals surface area contributed by atoms with Gasteiger partial charge in [0.2, 0.25) is 5.91 Å². The number of hydrogen-bond acceptors (Lipinski definition) is 4. The van der Waals surface area contributed by atoms with Crippen LogP contribution in [-0.4, -0.2) is 54.5 Å². The first-order valence-corrected chi connectivity index (χ1v) is 12.7. The van der Waals surface area contributed by atoms with Crippen LogP contribution in [0, 0.1) is 11.7 Å². The minimum absolute atomic E-state index is 0.0987. The van der Waals surface area contributed by atoms with E-state index in [-0.39, 0.29) is 41.7 Å². The van der Waals surface area contributed by atoms with Crippen LogP contribution in [0.15, 0.2) is 42.5 Å². The van der Waals surface area contributed by atoms with E-state index in [1.54, 1.807) is 43.0 Å². The lowest BCUT2D eigenvalue weighted by Crippen LogP contribution is -2.49. The predicted octanol–water partition coefficient (Wildman–Crippen LogP) is 4.37. The topological polar surface area (TPSA) is 93.8 Å². The maximum Gasteiger partial charge on any atom is 0.317 e. The van der Waals surface area contributed by atoms with Crippen LogP contribution < -0.4 is 20.9 Å². The third-order valence-corrected chi connectivity index (χ3v) is 6.01. The van der Waals surface area contributed by atoms with Crippen LogP contribution in [0.5, 0.6) is 0 Å². The van der Waals surface area contributed by atoms with Crippen molar-refractivity contribution in [3.63, 3.8) is 0 Å². The molecule has 3 N–H and O–H groups in total. The van der Waals surface area contributed by atoms with E-state index in [9.17, 15) is 18.8 Å². The summed E-state index contributed by atoms with van der Waals surface area (Å²) in [5.74, 6) is -0.976. The molecule has 2 aromatic carbocycles. The van der Waals surface area contributed by atoms with Gasteiger partial charge >= 0.3 is 6.03 Å². The standard InChI is InChI=1S/C28H38FN5O3/c1-19(2)25(35)31-22-11-12-24(23(17-22)26(36)30-18-20-7-9-21(29)10-8-20)33-13-6-14-34(16-15-33)27(37)32-28(3,4)5/h7-12,17,19H,6,13-16,18H2,1-5H3,(H,30,36)(H,31,35)(H,32,37). The predicted molar refractivity (Wildman–Crippen MR) is 144 cm³/mol. The van der Waals surface area contributed by atoms with Crippen molar-refractivity contribution in [2.24, 2.45) is 5.92 Å². The highest BCUT2D eigenvalue weighted by molar-refractivity contribution is 6.02. The average molecular weight is 512 g/mol. The third-order valence-electron chi connectivity index (χ3n) is 6.01. The summed E-state index contributed by atoms with van der Waals surface area (Å²) in [6.07, 6.45) is 0.750. The summed E-state index contributed by atoms with van der Waals surface area (Å²) in [5.41, 5.74) is 2.15. The molecule has 1 heterocycles. The highest BCUT2D eigenvalue weighted by Gasteiger charge is 2.25. The highest BCUT2D eigenvalue weighted by atomic mass is 19.1. The molecule has 1 saturated heterocycles. The maximum atomic E-state index is 13.3. The van der Waals surface area contributed by atoms with E-state index >= 15 is 0 Å². The minimum Gasteiger partial charge on any atom is -0.369 e. The number of halogens is 1. The summed E-state index contributed by atoms with van der Waals surface area (Å²) < 4.78 is 13.3. The van der Waals surface area contributed by atoms with Gasteiger partial charge in [-0.05, 0) is 63.1 Å². The molecule has 0 saturated carbocycles. The summed E-state index contributed by atoms with van der Waals surface area (Å²) in [5, 5.41) is 8.79. The van der Waals surface area contributed by atoms with Gasteiger partial charge in [0.15, 0.2) is 0 Å². The molecule has 0 bridgehead atoms. The zero-order valence-corrected chi connectivity index (χ0v) is 22.4. The molecule has 3 rings (SSSR count). The van der Waals surface area contributed by atoms with E-state index in [0.717, 1.165) is 17.7 Å². The Balaban J connectivity index is 1.81. The Labute approximate surface area is 218 Å². The molecule has 1 fully saturated rings. The summed E-state index contributed by atoms with van der Waals surface area (Å²) in [7, 11) is 0. The number of carbonyl (C=O) groups excluding carboxylic acids is 3. The largest absolute Gasteiger partial charge is 0.369 e. The molecule has 200 valence electrons. The Morgan fingerprint density at radius 3 is 2.32 bits per heavy atom. The van der Waals surface area contributed by atoms with E-state index in [1.807, 2.05) is 26.8 Å². The molecule has 0 aliphatic carbocycles. The first kappa shape index (κ1) is 28.0. The van der Waals surface area contributed by atoms with Gasteiger partial charge in [-0.25, -0.2) is 9.18 Å². The zero-order valence-electron chi connectivity index (χ0n) is 22.4. The van der Waals surface area contributed by atoms with Crippen LogP contribution in [0.25, 0.3) is 0 Å². The number of nitrogens with zero attached hydrogens (tertiary/aromatic N) is 2. The summed E-state index contributed by atoms with van der Waals surface area (Å²) >= 11 is 0. The van der Waals surface area contributed by atoms with E-state index < -0.39 is 0 Å². The molecule has 0 spiro atoms. The second-order valence-corrected chi connectivity index (χ2v) is 10.7. The van der Waals surface area contributed by atoms with Gasteiger partial charge in [-0.2, -0.15) is 0 Å². The van der Waals surface area contributed by atoms with Crippen molar-refractivity contribution in [1.82, 2.24) is 15.5 Å². The van der Waals surface area contributed by atoms with E-state index in [1.165, 1.54) is 12.1 Å². The van der Waals surface area contributed by atoms with Crippen molar-refractivity contribution in [3.05, 3.63) is 59.4 Å². The Morgan fingerprint density at radius 1 is 0.973 bits per heavy atom. The van der Waals surface area contributed by atoms with Crippen molar-refractivity contribution in [2.45, 2.75) is 53.1 Å². The van der Waals surface area contributed by atoms with Crippen molar-refractivity contribution in [2.75, 3.05) is 36.4 Å². The minimum atomic E-state index is -0.336. The lowest BCUT2D eigenvalue weighted by atomic mass is 10.1. The zero-order chi connectivity index (χ0) is 27.2. The molecule has 9 heteroatoms. The fraction of sp³-hybridized carbons (Fsp3) is 0.464. The van der Waals surface area contributed by atoms with Crippen molar-refractivity contribution < 1.29 is 18.8 Å². The van der Waals surface area contributed by atoms with Gasteiger partial charge in [-0.1, -0.05) is 26.0 Å². The number of urea groups is 1. The summed E-state index contributed by atoms with van der Waals surface area (Å²) in [4.78, 5) is 42.2. The summed E-state index contributed by atoms with van der Waals surface area (Å²) in [6.45, 7) is 12.1. The van der Waals surface area contributed by atoms with Crippen LogP contribution >= 0.6 is 0 Å². The molecule has 1 aliphatic rings. The van der Waals surface area contributed by atoms with Crippen molar-refractivity contribution in [1.29, 1.82) is 0 Å². The lowest BCUT2D eigenvalue weighted by molar-refractivity contribution is -0.118. The molecular formula is C28H38FN5O3. The fourth-order valence-electron chi connectivity index (χ4n) is 4.00. The number of nitrogens with one attached hydrogen (secondary N) is 3. The number of amides is 4. The van der Waals surface area contributed by atoms with Gasteiger partial charge in [-0.15, -0.1) is 0 Å². The molecule has 0 atom stereocenters. The van der Waals surface area contributed by atoms with Crippen LogP contribution in [0.2, 0.25) is 0 Å². The van der Waals surface area contributed by atoms with Gasteiger partial charge in [-0.3, -0.25) is 9.59 Å². The number of benzene rings is 2. The Bertz CT molecular complexity index is 1110. The molecule has 37 heavy (non-hydrogen) atoms. The monoisotopic (exact) mass is 511 g/mol. The average Bonchev–Trinajstić information content (AvgIpc) is 3.09. The van der Waals surface area contributed by atoms with Crippen molar-refractivity contribution in [3.8, 4) is 0 Å². The number of hydrogen-bond donors (Lipinski definition) is 3. The number of carbonyl (C=O) groups is 3. The van der Waals surface area contributed by atoms with Gasteiger partial charge < -0.3 is 25.8 Å². The molecule has 0 aromatic heterocycles. The van der Waals surface area contributed by atoms with Gasteiger partial charge in [0.1, 0.15) is 5.82 Å². The van der Waals surface area contributed by atoms with Crippen LogP contribution in [0.4, 0.5) is 20.6 Å². The molecule has 0 unspecified atom stereocenters. The Kier molecular flexibility index (Phi) is 9.13. The quantitative estimate of drug-likeness (QED) is 0.537. The molecule has 8 nitrogen and oxygen atoms in total. The molecular weight excluding hydrogens is 473 g/mol. The van der Waals surface area contributed by atoms with E-state index in [2.05, 4.69) is 20.9 Å². The Hall–Kier alpha value is -3.62. The molecule has 2 aromatic rings. The first-order valence-electron chi connectivity index (χ1n) is 12.7. The van der Waals surface area contributed by atoms with Gasteiger partial charge in [0.25, 0.3) is 5.91 Å². The normalized spacial score (nSPS) is 14.2. The van der Waals surface area contributed by atoms with Crippen LogP contribution in [-0.2, 0) is 11.3 Å². The van der Waals surface area contributed by atoms with Gasteiger partial charge in [0.05, 0.1) is 5.56 Å². The SMILES string of the molecule is CC(C)C(=O)Nc1ccc(N2CCCN(C(=O)NC(C)(C)C)CC2)c(C(=O)NCc2ccc(F)cc2)c1. The summed E-state index contributed by atoms with van der Waals surface area (Å²) in [6, 6.07) is 11.2. The van der Waals surface area contributed by atoms with E-state index in [4.69, 9.17) is 0 Å². The smallest absolute Gasteiger partial charge is 0.317 e. The second-order valence-electron chi connectivity index (χ2n) is 10.7. The van der Waals surface area contributed by atoms with E-state index in [0.29, 0.717) is 37.4 Å². The molecule has 1 aliphatic heterocycles. The number of rotatable bonds is 6. The Morgan fingerprint density at radius 2 is 1.68 bits per heavy atom. The first-order chi connectivity index (χ1) is 17.4. The fourth-order valence-corrected chi connectivity index (χ4v) is 4.00. The third kappa shape index (κ3) is 8.20. The highest BCUT2D eigenvalue weighted by Crippen LogP contribution is 2.26. The van der Waals surface area contributed by atoms with Gasteiger partial charge in [0, 0.05) is 55.6 Å². The maximum absolute atomic E-state index is 13.3. The molecule has 4 amide bonds. The lowest BCUT2D eigenvalue weighted by Gasteiger charge is -2.28. The molecule has 0 radical (unpaired) electrons. The second kappa shape index (κ2) is 12.1. The number of anilines is 2. The van der Waals surface area contributed by atoms with Crippen LogP contribution in [0.3, 0.4) is 0 Å². The van der Waals surface area contributed by atoms with Crippen LogP contribution in [0.1, 0.15) is 57.0 Å². The van der Waals surface area contributed by atoms with Crippen molar-refractivity contribution >= 4 is 29.2 Å².